The van der Waals surface area contributed by atoms with Gasteiger partial charge in [0.2, 0.25) is 0 Å². The number of fused-ring (bicyclic) bond motifs is 1. The van der Waals surface area contributed by atoms with E-state index in [2.05, 4.69) is 0 Å². The molecule has 0 spiro atoms. The second-order valence-electron chi connectivity index (χ2n) is 8.03. The number of nitrogens with zero attached hydrogens (tertiary/aromatic N) is 1. The Kier molecular flexibility index (Phi) is 5.35. The van der Waals surface area contributed by atoms with Crippen LogP contribution in [0.2, 0.25) is 0 Å². The largest absolute Gasteiger partial charge is 0.290 e. The lowest BCUT2D eigenvalue weighted by Gasteiger charge is -2.09. The van der Waals surface area contributed by atoms with E-state index in [0.717, 1.165) is 22.1 Å². The maximum absolute atomic E-state index is 13.4. The molecule has 0 unspecified atom stereocenters. The van der Waals surface area contributed by atoms with Gasteiger partial charge in [-0.3, -0.25) is 5.11 Å². The smallest absolute Gasteiger partial charge is 0.268 e. The Morgan fingerprint density at radius 3 is 2.23 bits per heavy atom. The minimum absolute atomic E-state index is 0.0858. The summed E-state index contributed by atoms with van der Waals surface area (Å²) < 4.78 is 40.9. The fourth-order valence-electron chi connectivity index (χ4n) is 3.75. The summed E-state index contributed by atoms with van der Waals surface area (Å²) in [6.45, 7) is 5.13. The average molecular weight is 437 g/mol. The van der Waals surface area contributed by atoms with Crippen LogP contribution in [0, 0.1) is 6.92 Å². The number of alkyl halides is 1. The summed E-state index contributed by atoms with van der Waals surface area (Å²) >= 11 is 0. The van der Waals surface area contributed by atoms with Crippen molar-refractivity contribution in [1.82, 2.24) is 3.97 Å². The van der Waals surface area contributed by atoms with Crippen molar-refractivity contribution in [2.45, 2.75) is 38.3 Å². The molecule has 4 aromatic rings. The first-order valence-electron chi connectivity index (χ1n) is 10.1. The van der Waals surface area contributed by atoms with Gasteiger partial charge in [-0.05, 0) is 71.0 Å². The van der Waals surface area contributed by atoms with Crippen molar-refractivity contribution in [3.05, 3.63) is 83.6 Å². The van der Waals surface area contributed by atoms with Crippen molar-refractivity contribution in [2.75, 3.05) is 0 Å². The SMILES string of the molecule is Cc1cc(S(=O)(=O)n2cc(C(C)C)c3cc(-c4ccc(CF)cc4)ccc32)ccc1[O]. The van der Waals surface area contributed by atoms with Crippen LogP contribution in [-0.2, 0) is 21.8 Å². The van der Waals surface area contributed by atoms with Crippen LogP contribution in [0.25, 0.3) is 22.0 Å². The molecule has 0 fully saturated rings. The summed E-state index contributed by atoms with van der Waals surface area (Å²) in [6.07, 6.45) is 1.67. The molecule has 6 heteroatoms. The lowest BCUT2D eigenvalue weighted by molar-refractivity contribution is 0.351. The van der Waals surface area contributed by atoms with Crippen molar-refractivity contribution in [1.29, 1.82) is 0 Å². The zero-order valence-corrected chi connectivity index (χ0v) is 18.4. The third kappa shape index (κ3) is 3.72. The fraction of sp³-hybridized carbons (Fsp3) is 0.200. The van der Waals surface area contributed by atoms with E-state index < -0.39 is 16.7 Å². The van der Waals surface area contributed by atoms with Gasteiger partial charge in [-0.25, -0.2) is 16.8 Å². The monoisotopic (exact) mass is 436 g/mol. The van der Waals surface area contributed by atoms with Crippen LogP contribution in [0.5, 0.6) is 5.75 Å². The van der Waals surface area contributed by atoms with Crippen LogP contribution in [0.4, 0.5) is 4.39 Å². The van der Waals surface area contributed by atoms with Crippen LogP contribution in [0.1, 0.15) is 36.5 Å². The molecule has 1 radical (unpaired) electrons. The minimum Gasteiger partial charge on any atom is -0.290 e. The van der Waals surface area contributed by atoms with Crippen molar-refractivity contribution in [3.8, 4) is 16.9 Å². The molecule has 0 saturated heterocycles. The molecule has 3 aromatic carbocycles. The Morgan fingerprint density at radius 2 is 1.61 bits per heavy atom. The van der Waals surface area contributed by atoms with Crippen LogP contribution >= 0.6 is 0 Å². The molecule has 0 atom stereocenters. The van der Waals surface area contributed by atoms with Crippen LogP contribution in [0.15, 0.2) is 71.8 Å². The molecule has 0 aliphatic rings. The normalized spacial score (nSPS) is 12.0. The molecule has 0 amide bonds. The van der Waals surface area contributed by atoms with E-state index in [9.17, 15) is 17.9 Å². The van der Waals surface area contributed by atoms with Gasteiger partial charge in [0.1, 0.15) is 6.67 Å². The molecule has 0 aliphatic heterocycles. The Labute approximate surface area is 181 Å². The van der Waals surface area contributed by atoms with Gasteiger partial charge in [0.15, 0.2) is 5.75 Å². The maximum Gasteiger partial charge on any atom is 0.268 e. The first-order chi connectivity index (χ1) is 14.7. The second-order valence-corrected chi connectivity index (χ2v) is 9.84. The summed E-state index contributed by atoms with van der Waals surface area (Å²) in [4.78, 5) is 0.0858. The standard InChI is InChI=1S/C25H23FNO3S/c1-16(2)23-15-27(31(29,30)21-9-11-25(28)17(3)12-21)24-10-8-20(13-22(23)24)19-6-4-18(14-26)5-7-19/h4-13,15-16H,14H2,1-3H3. The first kappa shape index (κ1) is 21.1. The maximum atomic E-state index is 13.4. The Morgan fingerprint density at radius 1 is 0.935 bits per heavy atom. The zero-order chi connectivity index (χ0) is 22.3. The second kappa shape index (κ2) is 7.85. The number of hydrogen-bond donors (Lipinski definition) is 0. The lowest BCUT2D eigenvalue weighted by Crippen LogP contribution is -2.12. The summed E-state index contributed by atoms with van der Waals surface area (Å²) in [5.74, 6) is -0.0866. The average Bonchev–Trinajstić information content (AvgIpc) is 3.15. The third-order valence-electron chi connectivity index (χ3n) is 5.57. The van der Waals surface area contributed by atoms with Crippen LogP contribution in [-0.4, -0.2) is 12.4 Å². The molecule has 1 heterocycles. The molecule has 159 valence electrons. The van der Waals surface area contributed by atoms with Crippen molar-refractivity contribution < 1.29 is 17.9 Å². The van der Waals surface area contributed by atoms with Gasteiger partial charge in [0.05, 0.1) is 10.4 Å². The highest BCUT2D eigenvalue weighted by molar-refractivity contribution is 7.90. The number of benzene rings is 3. The highest BCUT2D eigenvalue weighted by Crippen LogP contribution is 2.34. The predicted molar refractivity (Wildman–Crippen MR) is 120 cm³/mol. The Hall–Kier alpha value is -3.12. The van der Waals surface area contributed by atoms with Gasteiger partial charge in [-0.15, -0.1) is 0 Å². The molecule has 31 heavy (non-hydrogen) atoms. The van der Waals surface area contributed by atoms with Crippen LogP contribution in [0.3, 0.4) is 0 Å². The van der Waals surface area contributed by atoms with E-state index in [4.69, 9.17) is 0 Å². The quantitative estimate of drug-likeness (QED) is 0.354. The summed E-state index contributed by atoms with van der Waals surface area (Å²) in [7, 11) is -3.87. The van der Waals surface area contributed by atoms with E-state index in [-0.39, 0.29) is 16.6 Å². The van der Waals surface area contributed by atoms with Crippen molar-refractivity contribution in [2.24, 2.45) is 0 Å². The van der Waals surface area contributed by atoms with Crippen molar-refractivity contribution in [3.63, 3.8) is 0 Å². The summed E-state index contributed by atoms with van der Waals surface area (Å²) in [6, 6.07) is 16.9. The summed E-state index contributed by atoms with van der Waals surface area (Å²) in [5.41, 5.74) is 4.37. The molecular weight excluding hydrogens is 413 g/mol. The van der Waals surface area contributed by atoms with Crippen molar-refractivity contribution >= 4 is 20.9 Å². The van der Waals surface area contributed by atoms with E-state index in [1.807, 2.05) is 38.1 Å². The highest BCUT2D eigenvalue weighted by atomic mass is 32.2. The van der Waals surface area contributed by atoms with Crippen LogP contribution < -0.4 is 0 Å². The number of aryl methyl sites for hydroxylation is 1. The fourth-order valence-corrected chi connectivity index (χ4v) is 5.21. The molecule has 0 aliphatic carbocycles. The topological polar surface area (TPSA) is 59.0 Å². The molecule has 1 aromatic heterocycles. The molecule has 0 saturated carbocycles. The third-order valence-corrected chi connectivity index (χ3v) is 7.24. The van der Waals surface area contributed by atoms with Gasteiger partial charge in [-0.1, -0.05) is 44.2 Å². The molecular formula is C25H23FNO3S. The lowest BCUT2D eigenvalue weighted by atomic mass is 9.98. The molecule has 0 bridgehead atoms. The van der Waals surface area contributed by atoms with E-state index in [1.165, 1.54) is 22.2 Å². The summed E-state index contributed by atoms with van der Waals surface area (Å²) in [5, 5.41) is 12.6. The van der Waals surface area contributed by atoms with E-state index >= 15 is 0 Å². The highest BCUT2D eigenvalue weighted by Gasteiger charge is 2.23. The molecule has 0 N–H and O–H groups in total. The van der Waals surface area contributed by atoms with Gasteiger partial charge in [0.25, 0.3) is 10.0 Å². The van der Waals surface area contributed by atoms with Gasteiger partial charge in [-0.2, -0.15) is 0 Å². The Balaban J connectivity index is 1.90. The number of rotatable bonds is 5. The van der Waals surface area contributed by atoms with E-state index in [0.29, 0.717) is 16.6 Å². The number of hydrogen-bond acceptors (Lipinski definition) is 2. The van der Waals surface area contributed by atoms with E-state index in [1.54, 1.807) is 31.3 Å². The van der Waals surface area contributed by atoms with Gasteiger partial charge >= 0.3 is 0 Å². The number of halogens is 1. The molecule has 4 rings (SSSR count). The first-order valence-corrected chi connectivity index (χ1v) is 11.5. The Bertz CT molecular complexity index is 1370. The number of aromatic nitrogens is 1. The zero-order valence-electron chi connectivity index (χ0n) is 17.6. The molecule has 4 nitrogen and oxygen atoms in total. The van der Waals surface area contributed by atoms with Gasteiger partial charge in [0, 0.05) is 11.6 Å². The predicted octanol–water partition coefficient (Wildman–Crippen LogP) is 6.59. The van der Waals surface area contributed by atoms with Gasteiger partial charge < -0.3 is 0 Å². The minimum atomic E-state index is -3.87.